The highest BCUT2D eigenvalue weighted by molar-refractivity contribution is 5.57. The van der Waals surface area contributed by atoms with Crippen LogP contribution < -0.4 is 4.90 Å². The third-order valence-electron chi connectivity index (χ3n) is 4.29. The van der Waals surface area contributed by atoms with Gasteiger partial charge in [-0.1, -0.05) is 0 Å². The van der Waals surface area contributed by atoms with Gasteiger partial charge in [-0.25, -0.2) is 9.97 Å². The minimum absolute atomic E-state index is 0.000341. The molecule has 0 spiro atoms. The van der Waals surface area contributed by atoms with Crippen LogP contribution in [0.25, 0.3) is 0 Å². The monoisotopic (exact) mass is 317 g/mol. The summed E-state index contributed by atoms with van der Waals surface area (Å²) < 4.78 is 1.80. The summed E-state index contributed by atoms with van der Waals surface area (Å²) in [4.78, 5) is 21.0. The molecule has 3 rings (SSSR count). The number of piperidine rings is 1. The molecule has 1 aliphatic rings. The summed E-state index contributed by atoms with van der Waals surface area (Å²) in [6.07, 6.45) is 6.01. The minimum Gasteiger partial charge on any atom is -0.385 e. The third-order valence-corrected chi connectivity index (χ3v) is 4.29. The van der Waals surface area contributed by atoms with Gasteiger partial charge in [0.05, 0.1) is 4.92 Å². The van der Waals surface area contributed by atoms with Crippen molar-refractivity contribution in [3.63, 3.8) is 0 Å². The van der Waals surface area contributed by atoms with E-state index in [1.807, 2.05) is 11.9 Å². The number of pyridine rings is 1. The van der Waals surface area contributed by atoms with Crippen molar-refractivity contribution in [1.82, 2.24) is 14.5 Å². The second-order valence-corrected chi connectivity index (χ2v) is 5.79. The molecule has 3 heterocycles. The molecule has 2 unspecified atom stereocenters. The van der Waals surface area contributed by atoms with Crippen LogP contribution in [-0.4, -0.2) is 37.7 Å². The lowest BCUT2D eigenvalue weighted by Crippen LogP contribution is -2.39. The van der Waals surface area contributed by atoms with Crippen LogP contribution in [0.1, 0.15) is 24.8 Å². The number of aliphatic hydroxyl groups excluding tert-OH is 1. The molecule has 1 saturated heterocycles. The zero-order valence-corrected chi connectivity index (χ0v) is 12.9. The lowest BCUT2D eigenvalue weighted by Gasteiger charge is -2.35. The second-order valence-electron chi connectivity index (χ2n) is 5.79. The summed E-state index contributed by atoms with van der Waals surface area (Å²) in [6, 6.07) is 3.02. The predicted octanol–water partition coefficient (Wildman–Crippen LogP) is 1.67. The van der Waals surface area contributed by atoms with Gasteiger partial charge < -0.3 is 14.6 Å². The number of hydrogen-bond acceptors (Lipinski definition) is 6. The lowest BCUT2D eigenvalue weighted by atomic mass is 9.92. The van der Waals surface area contributed by atoms with Crippen molar-refractivity contribution in [3.8, 4) is 0 Å². The smallest absolute Gasteiger partial charge is 0.311 e. The molecule has 1 fully saturated rings. The number of imidazole rings is 1. The van der Waals surface area contributed by atoms with Gasteiger partial charge >= 0.3 is 5.69 Å². The first-order valence-corrected chi connectivity index (χ1v) is 7.57. The average molecular weight is 317 g/mol. The van der Waals surface area contributed by atoms with Crippen LogP contribution in [0.15, 0.2) is 30.7 Å². The molecular weight excluding hydrogens is 298 g/mol. The third kappa shape index (κ3) is 3.02. The Hall–Kier alpha value is -2.48. The first-order valence-electron chi connectivity index (χ1n) is 7.57. The van der Waals surface area contributed by atoms with Crippen molar-refractivity contribution < 1.29 is 10.0 Å². The molecule has 1 aliphatic heterocycles. The maximum absolute atomic E-state index is 11.2. The minimum atomic E-state index is -0.694. The summed E-state index contributed by atoms with van der Waals surface area (Å²) in [7, 11) is 1.84. The summed E-state index contributed by atoms with van der Waals surface area (Å²) in [6.45, 7) is 1.22. The van der Waals surface area contributed by atoms with Gasteiger partial charge in [0.15, 0.2) is 0 Å². The summed E-state index contributed by atoms with van der Waals surface area (Å²) in [5.74, 6) is 0.952. The molecule has 0 aliphatic carbocycles. The standard InChI is InChI=1S/C15H19N5O3/c1-18-9-7-17-15(18)13(21)11-4-3-8-19(10-11)14-12(20(22)23)5-2-6-16-14/h2,5-7,9,11,13,21H,3-4,8,10H2,1H3. The highest BCUT2D eigenvalue weighted by Crippen LogP contribution is 2.33. The Morgan fingerprint density at radius 2 is 2.26 bits per heavy atom. The van der Waals surface area contributed by atoms with E-state index in [0.29, 0.717) is 24.7 Å². The van der Waals surface area contributed by atoms with E-state index in [1.165, 1.54) is 6.07 Å². The number of aliphatic hydroxyl groups is 1. The Bertz CT molecular complexity index is 702. The summed E-state index contributed by atoms with van der Waals surface area (Å²) in [5.41, 5.74) is -0.000341. The van der Waals surface area contributed by atoms with Crippen molar-refractivity contribution in [2.45, 2.75) is 18.9 Å². The van der Waals surface area contributed by atoms with E-state index in [-0.39, 0.29) is 11.6 Å². The summed E-state index contributed by atoms with van der Waals surface area (Å²) >= 11 is 0. The molecule has 122 valence electrons. The van der Waals surface area contributed by atoms with Crippen molar-refractivity contribution in [1.29, 1.82) is 0 Å². The zero-order chi connectivity index (χ0) is 16.4. The van der Waals surface area contributed by atoms with Crippen molar-refractivity contribution in [2.24, 2.45) is 13.0 Å². The molecule has 8 heteroatoms. The Labute approximate surface area is 133 Å². The van der Waals surface area contributed by atoms with Gasteiger partial charge in [-0.05, 0) is 18.9 Å². The highest BCUT2D eigenvalue weighted by Gasteiger charge is 2.32. The molecule has 0 saturated carbocycles. The Morgan fingerprint density at radius 3 is 2.96 bits per heavy atom. The van der Waals surface area contributed by atoms with Gasteiger partial charge in [-0.2, -0.15) is 0 Å². The Kier molecular flexibility index (Phi) is 4.24. The fourth-order valence-electron chi connectivity index (χ4n) is 3.11. The fraction of sp³-hybridized carbons (Fsp3) is 0.467. The first kappa shape index (κ1) is 15.4. The van der Waals surface area contributed by atoms with Crippen LogP contribution in [-0.2, 0) is 7.05 Å². The van der Waals surface area contributed by atoms with Gasteiger partial charge in [0, 0.05) is 50.7 Å². The molecule has 2 aromatic heterocycles. The average Bonchev–Trinajstić information content (AvgIpc) is 3.00. The van der Waals surface area contributed by atoms with Crippen molar-refractivity contribution in [2.75, 3.05) is 18.0 Å². The normalized spacial score (nSPS) is 19.6. The van der Waals surface area contributed by atoms with E-state index in [0.717, 1.165) is 12.8 Å². The van der Waals surface area contributed by atoms with Crippen molar-refractivity contribution in [3.05, 3.63) is 46.7 Å². The summed E-state index contributed by atoms with van der Waals surface area (Å²) in [5, 5.41) is 21.8. The van der Waals surface area contributed by atoms with E-state index in [9.17, 15) is 15.2 Å². The quantitative estimate of drug-likeness (QED) is 0.680. The fourth-order valence-corrected chi connectivity index (χ4v) is 3.11. The second kappa shape index (κ2) is 6.33. The van der Waals surface area contributed by atoms with Crippen LogP contribution in [0.2, 0.25) is 0 Å². The Balaban J connectivity index is 1.82. The molecule has 0 aromatic carbocycles. The SMILES string of the molecule is Cn1ccnc1C(O)C1CCCN(c2ncccc2[N+](=O)[O-])C1. The number of aryl methyl sites for hydroxylation is 1. The van der Waals surface area contributed by atoms with E-state index in [1.54, 1.807) is 29.2 Å². The predicted molar refractivity (Wildman–Crippen MR) is 84.0 cm³/mol. The van der Waals surface area contributed by atoms with Crippen LogP contribution in [0.3, 0.4) is 0 Å². The largest absolute Gasteiger partial charge is 0.385 e. The molecule has 2 aromatic rings. The number of nitro groups is 1. The number of hydrogen-bond donors (Lipinski definition) is 1. The molecule has 23 heavy (non-hydrogen) atoms. The van der Waals surface area contributed by atoms with Gasteiger partial charge in [0.25, 0.3) is 0 Å². The molecule has 0 amide bonds. The van der Waals surface area contributed by atoms with E-state index in [4.69, 9.17) is 0 Å². The van der Waals surface area contributed by atoms with Gasteiger partial charge in [-0.15, -0.1) is 0 Å². The van der Waals surface area contributed by atoms with Gasteiger partial charge in [0.2, 0.25) is 5.82 Å². The topological polar surface area (TPSA) is 97.3 Å². The number of aromatic nitrogens is 3. The molecule has 2 atom stereocenters. The molecular formula is C15H19N5O3. The molecule has 0 radical (unpaired) electrons. The maximum Gasteiger partial charge on any atom is 0.311 e. The van der Waals surface area contributed by atoms with Crippen LogP contribution in [0.5, 0.6) is 0 Å². The maximum atomic E-state index is 11.2. The molecule has 8 nitrogen and oxygen atoms in total. The van der Waals surface area contributed by atoms with Crippen LogP contribution in [0.4, 0.5) is 11.5 Å². The molecule has 0 bridgehead atoms. The first-order chi connectivity index (χ1) is 11.1. The van der Waals surface area contributed by atoms with Gasteiger partial charge in [-0.3, -0.25) is 10.1 Å². The Morgan fingerprint density at radius 1 is 1.43 bits per heavy atom. The van der Waals surface area contributed by atoms with E-state index in [2.05, 4.69) is 9.97 Å². The zero-order valence-electron chi connectivity index (χ0n) is 12.9. The van der Waals surface area contributed by atoms with Crippen LogP contribution >= 0.6 is 0 Å². The van der Waals surface area contributed by atoms with E-state index >= 15 is 0 Å². The van der Waals surface area contributed by atoms with E-state index < -0.39 is 11.0 Å². The van der Waals surface area contributed by atoms with Gasteiger partial charge in [0.1, 0.15) is 11.9 Å². The van der Waals surface area contributed by atoms with Crippen LogP contribution in [0, 0.1) is 16.0 Å². The van der Waals surface area contributed by atoms with Crippen molar-refractivity contribution >= 4 is 11.5 Å². The highest BCUT2D eigenvalue weighted by atomic mass is 16.6. The lowest BCUT2D eigenvalue weighted by molar-refractivity contribution is -0.384. The molecule has 1 N–H and O–H groups in total. The number of anilines is 1. The number of rotatable bonds is 4. The number of nitrogens with zero attached hydrogens (tertiary/aromatic N) is 5.